The zero-order valence-corrected chi connectivity index (χ0v) is 9.02. The summed E-state index contributed by atoms with van der Waals surface area (Å²) in [6, 6.07) is 0. The summed E-state index contributed by atoms with van der Waals surface area (Å²) in [7, 11) is 1.54. The van der Waals surface area contributed by atoms with Crippen molar-refractivity contribution in [1.29, 1.82) is 0 Å². The van der Waals surface area contributed by atoms with Crippen LogP contribution in [0, 0.1) is 5.41 Å². The second-order valence-electron chi connectivity index (χ2n) is 3.94. The van der Waals surface area contributed by atoms with Gasteiger partial charge in [0.1, 0.15) is 0 Å². The highest BCUT2D eigenvalue weighted by Gasteiger charge is 2.21. The van der Waals surface area contributed by atoms with Crippen molar-refractivity contribution in [3.8, 4) is 0 Å². The number of rotatable bonds is 4. The second kappa shape index (κ2) is 4.63. The van der Waals surface area contributed by atoms with E-state index in [2.05, 4.69) is 39.5 Å². The van der Waals surface area contributed by atoms with Crippen molar-refractivity contribution in [3.63, 3.8) is 0 Å². The molecular formula is C10H20O2. The minimum Gasteiger partial charge on any atom is -0.240 e. The molecule has 0 aliphatic rings. The molecule has 0 aromatic carbocycles. The molecule has 0 bridgehead atoms. The van der Waals surface area contributed by atoms with Crippen LogP contribution >= 0.6 is 0 Å². The molecule has 0 atom stereocenters. The van der Waals surface area contributed by atoms with E-state index in [9.17, 15) is 0 Å². The van der Waals surface area contributed by atoms with Gasteiger partial charge in [-0.25, -0.2) is 9.78 Å². The first-order valence-corrected chi connectivity index (χ1v) is 4.22. The zero-order chi connectivity index (χ0) is 9.78. The van der Waals surface area contributed by atoms with Crippen molar-refractivity contribution in [2.75, 3.05) is 13.7 Å². The number of allylic oxidation sites excluding steroid dienone is 1. The first-order valence-electron chi connectivity index (χ1n) is 4.22. The Labute approximate surface area is 75.5 Å². The molecule has 0 fully saturated rings. The third kappa shape index (κ3) is 3.37. The van der Waals surface area contributed by atoms with Gasteiger partial charge < -0.3 is 0 Å². The second-order valence-corrected chi connectivity index (χ2v) is 3.94. The van der Waals surface area contributed by atoms with E-state index in [1.165, 1.54) is 18.3 Å². The number of hydrogen-bond acceptors (Lipinski definition) is 2. The summed E-state index contributed by atoms with van der Waals surface area (Å²) in [5, 5.41) is 0. The lowest BCUT2D eigenvalue weighted by atomic mass is 9.84. The van der Waals surface area contributed by atoms with Crippen LogP contribution in [0.15, 0.2) is 11.1 Å². The first-order chi connectivity index (χ1) is 5.41. The van der Waals surface area contributed by atoms with Gasteiger partial charge in [-0.2, -0.15) is 0 Å². The smallest absolute Gasteiger partial charge is 0.0910 e. The van der Waals surface area contributed by atoms with Crippen LogP contribution in [0.3, 0.4) is 0 Å². The molecule has 0 amide bonds. The third-order valence-electron chi connectivity index (χ3n) is 2.30. The SMILES string of the molecule is COOCC(C)(C)C(C)=C(C)C. The maximum absolute atomic E-state index is 4.94. The molecule has 0 heterocycles. The minimum atomic E-state index is 0.0643. The molecule has 0 aromatic rings. The van der Waals surface area contributed by atoms with Gasteiger partial charge in [0.05, 0.1) is 13.7 Å². The summed E-state index contributed by atoms with van der Waals surface area (Å²) in [5.41, 5.74) is 2.77. The largest absolute Gasteiger partial charge is 0.240 e. The van der Waals surface area contributed by atoms with Crippen molar-refractivity contribution in [3.05, 3.63) is 11.1 Å². The lowest BCUT2D eigenvalue weighted by Crippen LogP contribution is -2.21. The van der Waals surface area contributed by atoms with Crippen molar-refractivity contribution in [2.24, 2.45) is 5.41 Å². The van der Waals surface area contributed by atoms with Crippen LogP contribution in [-0.2, 0) is 9.78 Å². The fourth-order valence-electron chi connectivity index (χ4n) is 0.991. The van der Waals surface area contributed by atoms with E-state index in [1.54, 1.807) is 0 Å². The van der Waals surface area contributed by atoms with Gasteiger partial charge in [-0.3, -0.25) is 0 Å². The summed E-state index contributed by atoms with van der Waals surface area (Å²) in [4.78, 5) is 9.52. The first kappa shape index (κ1) is 11.7. The molecule has 2 nitrogen and oxygen atoms in total. The number of hydrogen-bond donors (Lipinski definition) is 0. The standard InChI is InChI=1S/C10H20O2/c1-8(2)9(3)10(4,5)7-12-11-6/h7H2,1-6H3. The third-order valence-corrected chi connectivity index (χ3v) is 2.30. The van der Waals surface area contributed by atoms with E-state index in [0.29, 0.717) is 6.61 Å². The normalized spacial score (nSPS) is 11.5. The monoisotopic (exact) mass is 172 g/mol. The molecule has 0 rings (SSSR count). The Morgan fingerprint density at radius 3 is 2.00 bits per heavy atom. The van der Waals surface area contributed by atoms with Crippen LogP contribution in [0.2, 0.25) is 0 Å². The molecular weight excluding hydrogens is 152 g/mol. The molecule has 0 saturated carbocycles. The van der Waals surface area contributed by atoms with Crippen LogP contribution in [-0.4, -0.2) is 13.7 Å². The predicted molar refractivity (Wildman–Crippen MR) is 50.8 cm³/mol. The molecule has 0 radical (unpaired) electrons. The fraction of sp³-hybridized carbons (Fsp3) is 0.800. The maximum atomic E-state index is 4.94. The van der Waals surface area contributed by atoms with E-state index in [-0.39, 0.29) is 5.41 Å². The fourth-order valence-corrected chi connectivity index (χ4v) is 0.991. The van der Waals surface area contributed by atoms with Crippen LogP contribution in [0.5, 0.6) is 0 Å². The molecule has 0 aromatic heterocycles. The van der Waals surface area contributed by atoms with Gasteiger partial charge in [0, 0.05) is 5.41 Å². The average molecular weight is 172 g/mol. The molecule has 0 aliphatic carbocycles. The van der Waals surface area contributed by atoms with Gasteiger partial charge in [-0.1, -0.05) is 25.0 Å². The highest BCUT2D eigenvalue weighted by molar-refractivity contribution is 5.15. The summed E-state index contributed by atoms with van der Waals surface area (Å²) in [6.45, 7) is 11.3. The van der Waals surface area contributed by atoms with Crippen molar-refractivity contribution in [2.45, 2.75) is 34.6 Å². The summed E-state index contributed by atoms with van der Waals surface area (Å²) < 4.78 is 0. The lowest BCUT2D eigenvalue weighted by molar-refractivity contribution is -0.284. The highest BCUT2D eigenvalue weighted by atomic mass is 17.2. The topological polar surface area (TPSA) is 18.5 Å². The lowest BCUT2D eigenvalue weighted by Gasteiger charge is -2.25. The molecule has 0 spiro atoms. The van der Waals surface area contributed by atoms with Crippen molar-refractivity contribution in [1.82, 2.24) is 0 Å². The maximum Gasteiger partial charge on any atom is 0.0910 e. The van der Waals surface area contributed by atoms with Gasteiger partial charge in [0.2, 0.25) is 0 Å². The van der Waals surface area contributed by atoms with Gasteiger partial charge in [0.25, 0.3) is 0 Å². The van der Waals surface area contributed by atoms with E-state index in [1.807, 2.05) is 0 Å². The van der Waals surface area contributed by atoms with Crippen molar-refractivity contribution < 1.29 is 9.78 Å². The molecule has 0 N–H and O–H groups in total. The molecule has 12 heavy (non-hydrogen) atoms. The quantitative estimate of drug-likeness (QED) is 0.369. The van der Waals surface area contributed by atoms with Crippen LogP contribution in [0.4, 0.5) is 0 Å². The molecule has 2 heteroatoms. The highest BCUT2D eigenvalue weighted by Crippen LogP contribution is 2.28. The Bertz CT molecular complexity index is 165. The molecule has 0 aliphatic heterocycles. The Morgan fingerprint density at radius 2 is 1.67 bits per heavy atom. The van der Waals surface area contributed by atoms with E-state index in [4.69, 9.17) is 4.89 Å². The van der Waals surface area contributed by atoms with Gasteiger partial charge >= 0.3 is 0 Å². The molecule has 72 valence electrons. The summed E-state index contributed by atoms with van der Waals surface area (Å²) >= 11 is 0. The summed E-state index contributed by atoms with van der Waals surface area (Å²) in [5.74, 6) is 0. The summed E-state index contributed by atoms with van der Waals surface area (Å²) in [6.07, 6.45) is 0. The van der Waals surface area contributed by atoms with Crippen LogP contribution in [0.25, 0.3) is 0 Å². The van der Waals surface area contributed by atoms with E-state index in [0.717, 1.165) is 0 Å². The Kier molecular flexibility index (Phi) is 4.50. The van der Waals surface area contributed by atoms with Gasteiger partial charge in [-0.05, 0) is 20.8 Å². The van der Waals surface area contributed by atoms with Crippen molar-refractivity contribution >= 4 is 0 Å². The van der Waals surface area contributed by atoms with Crippen LogP contribution in [0.1, 0.15) is 34.6 Å². The Balaban J connectivity index is 4.29. The van der Waals surface area contributed by atoms with Gasteiger partial charge in [-0.15, -0.1) is 0 Å². The minimum absolute atomic E-state index is 0.0643. The zero-order valence-electron chi connectivity index (χ0n) is 9.02. The van der Waals surface area contributed by atoms with E-state index < -0.39 is 0 Å². The van der Waals surface area contributed by atoms with E-state index >= 15 is 0 Å². The molecule has 0 unspecified atom stereocenters. The van der Waals surface area contributed by atoms with Gasteiger partial charge in [0.15, 0.2) is 0 Å². The average Bonchev–Trinajstić information content (AvgIpc) is 1.99. The Hall–Kier alpha value is -0.340. The molecule has 0 saturated heterocycles. The van der Waals surface area contributed by atoms with Crippen LogP contribution < -0.4 is 0 Å². The predicted octanol–water partition coefficient (Wildman–Crippen LogP) is 2.95. The Morgan fingerprint density at radius 1 is 1.17 bits per heavy atom.